The summed E-state index contributed by atoms with van der Waals surface area (Å²) in [6.07, 6.45) is 8.30. The number of hydrogen-bond acceptors (Lipinski definition) is 4. The van der Waals surface area contributed by atoms with Crippen molar-refractivity contribution in [1.29, 1.82) is 0 Å². The molecule has 0 fully saturated rings. The summed E-state index contributed by atoms with van der Waals surface area (Å²) in [7, 11) is 2.10. The fraction of sp³-hybridized carbons (Fsp3) is 0.176. The molecule has 106 valence electrons. The van der Waals surface area contributed by atoms with E-state index in [9.17, 15) is 0 Å². The van der Waals surface area contributed by atoms with Crippen molar-refractivity contribution in [2.24, 2.45) is 0 Å². The smallest absolute Gasteiger partial charge is 0.0460 e. The molecule has 4 heteroatoms. The number of pyridine rings is 2. The second kappa shape index (κ2) is 5.79. The van der Waals surface area contributed by atoms with Crippen LogP contribution >= 0.6 is 0 Å². The van der Waals surface area contributed by atoms with Gasteiger partial charge in [0.25, 0.3) is 0 Å². The van der Waals surface area contributed by atoms with Gasteiger partial charge in [-0.1, -0.05) is 0 Å². The van der Waals surface area contributed by atoms with Crippen molar-refractivity contribution < 1.29 is 0 Å². The summed E-state index contributed by atoms with van der Waals surface area (Å²) in [5.74, 6) is 0. The van der Waals surface area contributed by atoms with Crippen LogP contribution in [-0.4, -0.2) is 23.6 Å². The van der Waals surface area contributed by atoms with Crippen LogP contribution in [0.2, 0.25) is 0 Å². The van der Waals surface area contributed by atoms with Crippen LogP contribution in [0.15, 0.2) is 55.1 Å². The Morgan fingerprint density at radius 3 is 2.52 bits per heavy atom. The van der Waals surface area contributed by atoms with Crippen molar-refractivity contribution in [1.82, 2.24) is 9.97 Å². The molecule has 1 aromatic carbocycles. The van der Waals surface area contributed by atoms with Crippen LogP contribution < -0.4 is 10.6 Å². The number of aromatic nitrogens is 2. The summed E-state index contributed by atoms with van der Waals surface area (Å²) in [5, 5.41) is 2.15. The lowest BCUT2D eigenvalue weighted by Gasteiger charge is -2.21. The molecule has 0 amide bonds. The molecule has 2 aromatic heterocycles. The van der Waals surface area contributed by atoms with E-state index in [-0.39, 0.29) is 0 Å². The summed E-state index contributed by atoms with van der Waals surface area (Å²) >= 11 is 0. The quantitative estimate of drug-likeness (QED) is 0.746. The molecule has 0 aliphatic rings. The molecule has 0 aliphatic carbocycles. The summed E-state index contributed by atoms with van der Waals surface area (Å²) in [5.41, 5.74) is 9.27. The Morgan fingerprint density at radius 1 is 0.952 bits per heavy atom. The predicted octanol–water partition coefficient (Wildman–Crippen LogP) is 2.89. The zero-order valence-corrected chi connectivity index (χ0v) is 12.0. The minimum absolute atomic E-state index is 0.790. The van der Waals surface area contributed by atoms with Gasteiger partial charge in [-0.25, -0.2) is 0 Å². The third-order valence-electron chi connectivity index (χ3n) is 3.73. The summed E-state index contributed by atoms with van der Waals surface area (Å²) in [6, 6.07) is 10.1. The fourth-order valence-corrected chi connectivity index (χ4v) is 2.50. The lowest BCUT2D eigenvalue weighted by atomic mass is 10.1. The van der Waals surface area contributed by atoms with Gasteiger partial charge in [-0.15, -0.1) is 0 Å². The maximum Gasteiger partial charge on any atom is 0.0460 e. The SMILES string of the molecule is CN(CCc1ccncc1)c1ccc(N)c2ccncc12. The van der Waals surface area contributed by atoms with E-state index in [1.807, 2.05) is 30.7 Å². The predicted molar refractivity (Wildman–Crippen MR) is 87.4 cm³/mol. The normalized spacial score (nSPS) is 10.7. The molecule has 2 heterocycles. The number of rotatable bonds is 4. The summed E-state index contributed by atoms with van der Waals surface area (Å²) in [6.45, 7) is 0.928. The molecule has 0 atom stereocenters. The van der Waals surface area contributed by atoms with Crippen LogP contribution in [0, 0.1) is 0 Å². The largest absolute Gasteiger partial charge is 0.398 e. The second-order valence-electron chi connectivity index (χ2n) is 5.12. The monoisotopic (exact) mass is 278 g/mol. The number of anilines is 2. The van der Waals surface area contributed by atoms with E-state index in [1.54, 1.807) is 6.20 Å². The Bertz CT molecular complexity index is 740. The average molecular weight is 278 g/mol. The Labute approximate surface area is 124 Å². The third-order valence-corrected chi connectivity index (χ3v) is 3.73. The van der Waals surface area contributed by atoms with Gasteiger partial charge in [0, 0.05) is 60.5 Å². The minimum atomic E-state index is 0.790. The zero-order chi connectivity index (χ0) is 14.7. The molecule has 0 unspecified atom stereocenters. The molecule has 2 N–H and O–H groups in total. The van der Waals surface area contributed by atoms with Gasteiger partial charge in [0.2, 0.25) is 0 Å². The van der Waals surface area contributed by atoms with Gasteiger partial charge in [-0.3, -0.25) is 9.97 Å². The van der Waals surface area contributed by atoms with Crippen molar-refractivity contribution in [2.45, 2.75) is 6.42 Å². The zero-order valence-electron chi connectivity index (χ0n) is 12.0. The maximum absolute atomic E-state index is 6.04. The van der Waals surface area contributed by atoms with E-state index in [4.69, 9.17) is 5.73 Å². The van der Waals surface area contributed by atoms with Gasteiger partial charge < -0.3 is 10.6 Å². The van der Waals surface area contributed by atoms with Gasteiger partial charge in [-0.05, 0) is 42.3 Å². The Kier molecular flexibility index (Phi) is 3.69. The number of benzene rings is 1. The average Bonchev–Trinajstić information content (AvgIpc) is 2.54. The van der Waals surface area contributed by atoms with Crippen LogP contribution in [-0.2, 0) is 6.42 Å². The molecule has 0 saturated heterocycles. The molecule has 0 spiro atoms. The van der Waals surface area contributed by atoms with Gasteiger partial charge in [0.15, 0.2) is 0 Å². The third kappa shape index (κ3) is 2.79. The topological polar surface area (TPSA) is 55.0 Å². The van der Waals surface area contributed by atoms with Crippen molar-refractivity contribution >= 4 is 22.1 Å². The van der Waals surface area contributed by atoms with E-state index in [0.29, 0.717) is 0 Å². The number of hydrogen-bond donors (Lipinski definition) is 1. The number of fused-ring (bicyclic) bond motifs is 1. The Morgan fingerprint density at radius 2 is 1.71 bits per heavy atom. The number of nitrogens with zero attached hydrogens (tertiary/aromatic N) is 3. The highest BCUT2D eigenvalue weighted by Gasteiger charge is 2.08. The first-order chi connectivity index (χ1) is 10.3. The number of likely N-dealkylation sites (N-methyl/N-ethyl adjacent to an activating group) is 1. The van der Waals surface area contributed by atoms with E-state index in [2.05, 4.69) is 40.1 Å². The molecule has 3 rings (SSSR count). The minimum Gasteiger partial charge on any atom is -0.398 e. The molecular weight excluding hydrogens is 260 g/mol. The first kappa shape index (κ1) is 13.4. The van der Waals surface area contributed by atoms with Crippen molar-refractivity contribution in [3.63, 3.8) is 0 Å². The van der Waals surface area contributed by atoms with E-state index in [0.717, 1.165) is 35.1 Å². The Hall–Kier alpha value is -2.62. The van der Waals surface area contributed by atoms with Gasteiger partial charge in [-0.2, -0.15) is 0 Å². The van der Waals surface area contributed by atoms with Crippen LogP contribution in [0.25, 0.3) is 10.8 Å². The highest BCUT2D eigenvalue weighted by molar-refractivity contribution is 6.00. The van der Waals surface area contributed by atoms with E-state index in [1.165, 1.54) is 5.56 Å². The Balaban J connectivity index is 1.85. The van der Waals surface area contributed by atoms with Crippen molar-refractivity contribution in [3.8, 4) is 0 Å². The van der Waals surface area contributed by atoms with Crippen molar-refractivity contribution in [3.05, 3.63) is 60.7 Å². The molecular formula is C17H18N4. The van der Waals surface area contributed by atoms with Crippen LogP contribution in [0.1, 0.15) is 5.56 Å². The molecule has 4 nitrogen and oxygen atoms in total. The van der Waals surface area contributed by atoms with E-state index >= 15 is 0 Å². The fourth-order valence-electron chi connectivity index (χ4n) is 2.50. The van der Waals surface area contributed by atoms with Crippen LogP contribution in [0.4, 0.5) is 11.4 Å². The molecule has 0 saturated carbocycles. The second-order valence-corrected chi connectivity index (χ2v) is 5.12. The molecule has 3 aromatic rings. The van der Waals surface area contributed by atoms with Gasteiger partial charge in [0.05, 0.1) is 0 Å². The molecule has 21 heavy (non-hydrogen) atoms. The van der Waals surface area contributed by atoms with Gasteiger partial charge in [0.1, 0.15) is 0 Å². The van der Waals surface area contributed by atoms with E-state index < -0.39 is 0 Å². The lowest BCUT2D eigenvalue weighted by molar-refractivity contribution is 0.878. The van der Waals surface area contributed by atoms with Gasteiger partial charge >= 0.3 is 0 Å². The molecule has 0 bridgehead atoms. The first-order valence-electron chi connectivity index (χ1n) is 6.98. The highest BCUT2D eigenvalue weighted by atomic mass is 15.1. The molecule has 0 radical (unpaired) electrons. The summed E-state index contributed by atoms with van der Waals surface area (Å²) < 4.78 is 0. The van der Waals surface area contributed by atoms with Crippen LogP contribution in [0.3, 0.4) is 0 Å². The maximum atomic E-state index is 6.04. The number of nitrogen functional groups attached to an aromatic ring is 1. The highest BCUT2D eigenvalue weighted by Crippen LogP contribution is 2.29. The molecule has 0 aliphatic heterocycles. The summed E-state index contributed by atoms with van der Waals surface area (Å²) in [4.78, 5) is 10.5. The van der Waals surface area contributed by atoms with Crippen LogP contribution in [0.5, 0.6) is 0 Å². The standard InChI is InChI=1S/C17H18N4/c1-21(11-7-13-4-8-19-9-5-13)17-3-2-16(18)14-6-10-20-12-15(14)17/h2-6,8-10,12H,7,11,18H2,1H3. The van der Waals surface area contributed by atoms with Crippen molar-refractivity contribution in [2.75, 3.05) is 24.2 Å². The lowest BCUT2D eigenvalue weighted by Crippen LogP contribution is -2.20. The number of nitrogens with two attached hydrogens (primary N) is 1. The first-order valence-corrected chi connectivity index (χ1v) is 6.98.